The number of amides is 1. The van der Waals surface area contributed by atoms with Crippen LogP contribution in [0.2, 0.25) is 10.0 Å². The second-order valence-corrected chi connectivity index (χ2v) is 6.29. The number of aromatic nitrogens is 1. The number of hydrogen-bond acceptors (Lipinski definition) is 3. The SMILES string of the molecule is O=C(COc1ccc(Cl)c(Cl)c1)N1CCN(c2cccc[nH+]2)CC1. The Morgan fingerprint density at radius 1 is 1.08 bits per heavy atom. The minimum Gasteiger partial charge on any atom is -0.484 e. The number of aromatic amines is 1. The van der Waals surface area contributed by atoms with Crippen molar-refractivity contribution in [3.8, 4) is 5.75 Å². The van der Waals surface area contributed by atoms with Crippen molar-refractivity contribution in [2.75, 3.05) is 37.7 Å². The second-order valence-electron chi connectivity index (χ2n) is 5.48. The molecule has 2 aromatic rings. The van der Waals surface area contributed by atoms with Gasteiger partial charge >= 0.3 is 0 Å². The molecule has 1 aliphatic heterocycles. The van der Waals surface area contributed by atoms with Crippen LogP contribution in [0.5, 0.6) is 5.75 Å². The van der Waals surface area contributed by atoms with Gasteiger partial charge in [0.2, 0.25) is 0 Å². The number of nitrogens with zero attached hydrogens (tertiary/aromatic N) is 2. The van der Waals surface area contributed by atoms with Crippen molar-refractivity contribution < 1.29 is 14.5 Å². The Kier molecular flexibility index (Phi) is 5.43. The van der Waals surface area contributed by atoms with Crippen molar-refractivity contribution in [1.82, 2.24) is 4.90 Å². The highest BCUT2D eigenvalue weighted by Crippen LogP contribution is 2.26. The van der Waals surface area contributed by atoms with Crippen molar-refractivity contribution in [3.63, 3.8) is 0 Å². The van der Waals surface area contributed by atoms with Gasteiger partial charge in [0.25, 0.3) is 11.7 Å². The average molecular weight is 367 g/mol. The van der Waals surface area contributed by atoms with E-state index < -0.39 is 0 Å². The molecule has 126 valence electrons. The molecule has 2 heterocycles. The fourth-order valence-corrected chi connectivity index (χ4v) is 2.87. The third-order valence-electron chi connectivity index (χ3n) is 3.92. The molecule has 3 rings (SSSR count). The summed E-state index contributed by atoms with van der Waals surface area (Å²) in [6.45, 7) is 2.92. The molecule has 0 atom stereocenters. The van der Waals surface area contributed by atoms with Crippen LogP contribution in [0, 0.1) is 0 Å². The molecule has 0 saturated carbocycles. The van der Waals surface area contributed by atoms with E-state index in [0.717, 1.165) is 18.9 Å². The number of pyridine rings is 1. The fourth-order valence-electron chi connectivity index (χ4n) is 2.58. The highest BCUT2D eigenvalue weighted by molar-refractivity contribution is 6.42. The molecule has 1 aliphatic rings. The van der Waals surface area contributed by atoms with E-state index in [4.69, 9.17) is 27.9 Å². The van der Waals surface area contributed by atoms with E-state index in [2.05, 4.69) is 9.88 Å². The van der Waals surface area contributed by atoms with Crippen molar-refractivity contribution in [3.05, 3.63) is 52.6 Å². The number of rotatable bonds is 4. The number of halogens is 2. The number of anilines is 1. The molecular formula is C17H18Cl2N3O2+. The molecule has 0 bridgehead atoms. The molecule has 0 unspecified atom stereocenters. The maximum Gasteiger partial charge on any atom is 0.274 e. The summed E-state index contributed by atoms with van der Waals surface area (Å²) in [5, 5.41) is 0.874. The van der Waals surface area contributed by atoms with Crippen LogP contribution in [-0.4, -0.2) is 43.6 Å². The molecule has 0 spiro atoms. The maximum absolute atomic E-state index is 12.3. The standard InChI is InChI=1S/C17H17Cl2N3O2/c18-14-5-4-13(11-15(14)19)24-12-17(23)22-9-7-21(8-10-22)16-3-1-2-6-20-16/h1-6,11H,7-10,12H2/p+1. The monoisotopic (exact) mass is 366 g/mol. The van der Waals surface area contributed by atoms with Crippen molar-refractivity contribution >= 4 is 34.9 Å². The first kappa shape index (κ1) is 16.9. The van der Waals surface area contributed by atoms with Gasteiger partial charge in [-0.3, -0.25) is 9.69 Å². The molecule has 1 N–H and O–H groups in total. The summed E-state index contributed by atoms with van der Waals surface area (Å²) < 4.78 is 5.51. The largest absolute Gasteiger partial charge is 0.484 e. The van der Waals surface area contributed by atoms with Gasteiger partial charge in [-0.05, 0) is 18.2 Å². The van der Waals surface area contributed by atoms with Crippen LogP contribution in [0.1, 0.15) is 0 Å². The van der Waals surface area contributed by atoms with E-state index in [9.17, 15) is 4.79 Å². The average Bonchev–Trinajstić information content (AvgIpc) is 2.63. The second kappa shape index (κ2) is 7.73. The number of piperazine rings is 1. The van der Waals surface area contributed by atoms with Crippen LogP contribution < -0.4 is 14.6 Å². The first-order chi connectivity index (χ1) is 11.6. The van der Waals surface area contributed by atoms with Crippen LogP contribution in [0.25, 0.3) is 0 Å². The molecule has 1 amide bonds. The summed E-state index contributed by atoms with van der Waals surface area (Å²) in [5.74, 6) is 1.57. The minimum atomic E-state index is -0.0298. The van der Waals surface area contributed by atoms with Gasteiger partial charge in [0.15, 0.2) is 6.61 Å². The van der Waals surface area contributed by atoms with E-state index in [-0.39, 0.29) is 12.5 Å². The topological polar surface area (TPSA) is 46.9 Å². The lowest BCUT2D eigenvalue weighted by Gasteiger charge is -2.30. The van der Waals surface area contributed by atoms with Gasteiger partial charge in [0, 0.05) is 12.1 Å². The zero-order chi connectivity index (χ0) is 16.9. The van der Waals surface area contributed by atoms with Crippen LogP contribution in [0.3, 0.4) is 0 Å². The van der Waals surface area contributed by atoms with Crippen LogP contribution in [-0.2, 0) is 4.79 Å². The summed E-state index contributed by atoms with van der Waals surface area (Å²) in [5.41, 5.74) is 0. The predicted octanol–water partition coefficient (Wildman–Crippen LogP) is 2.54. The van der Waals surface area contributed by atoms with Crippen molar-refractivity contribution in [2.24, 2.45) is 0 Å². The number of H-pyrrole nitrogens is 1. The van der Waals surface area contributed by atoms with Crippen LogP contribution >= 0.6 is 23.2 Å². The lowest BCUT2D eigenvalue weighted by atomic mass is 10.3. The van der Waals surface area contributed by atoms with Gasteiger partial charge < -0.3 is 9.64 Å². The molecule has 24 heavy (non-hydrogen) atoms. The summed E-state index contributed by atoms with van der Waals surface area (Å²) in [7, 11) is 0. The zero-order valence-electron chi connectivity index (χ0n) is 13.0. The highest BCUT2D eigenvalue weighted by Gasteiger charge is 2.26. The van der Waals surface area contributed by atoms with Gasteiger partial charge in [-0.25, -0.2) is 4.98 Å². The van der Waals surface area contributed by atoms with Crippen molar-refractivity contribution in [1.29, 1.82) is 0 Å². The zero-order valence-corrected chi connectivity index (χ0v) is 14.6. The molecule has 0 radical (unpaired) electrons. The lowest BCUT2D eigenvalue weighted by Crippen LogP contribution is -2.51. The van der Waals surface area contributed by atoms with E-state index in [1.54, 1.807) is 18.2 Å². The number of hydrogen-bond donors (Lipinski definition) is 0. The van der Waals surface area contributed by atoms with Crippen molar-refractivity contribution in [2.45, 2.75) is 0 Å². The Hall–Kier alpha value is -1.98. The van der Waals surface area contributed by atoms with Gasteiger partial charge in [-0.2, -0.15) is 0 Å². The first-order valence-corrected chi connectivity index (χ1v) is 8.46. The summed E-state index contributed by atoms with van der Waals surface area (Å²) in [4.78, 5) is 19.5. The smallest absolute Gasteiger partial charge is 0.274 e. The number of carbonyl (C=O) groups excluding carboxylic acids is 1. The molecular weight excluding hydrogens is 349 g/mol. The molecule has 7 heteroatoms. The van der Waals surface area contributed by atoms with Gasteiger partial charge in [0.1, 0.15) is 18.8 Å². The Morgan fingerprint density at radius 3 is 2.54 bits per heavy atom. The molecule has 1 fully saturated rings. The molecule has 0 aliphatic carbocycles. The third kappa shape index (κ3) is 4.10. The lowest BCUT2D eigenvalue weighted by molar-refractivity contribution is -0.364. The Bertz CT molecular complexity index is 704. The Balaban J connectivity index is 1.49. The fraction of sp³-hybridized carbons (Fsp3) is 0.294. The maximum atomic E-state index is 12.3. The molecule has 1 aromatic heterocycles. The van der Waals surface area contributed by atoms with Crippen LogP contribution in [0.15, 0.2) is 42.6 Å². The number of carbonyl (C=O) groups is 1. The number of nitrogens with one attached hydrogen (secondary N) is 1. The summed E-state index contributed by atoms with van der Waals surface area (Å²) >= 11 is 11.8. The summed E-state index contributed by atoms with van der Waals surface area (Å²) in [6.07, 6.45) is 1.90. The molecule has 1 saturated heterocycles. The normalized spacial score (nSPS) is 14.6. The van der Waals surface area contributed by atoms with Gasteiger partial charge in [0.05, 0.1) is 29.3 Å². The third-order valence-corrected chi connectivity index (χ3v) is 4.66. The van der Waals surface area contributed by atoms with Crippen LogP contribution in [0.4, 0.5) is 5.82 Å². The van der Waals surface area contributed by atoms with Gasteiger partial charge in [-0.15, -0.1) is 0 Å². The Morgan fingerprint density at radius 2 is 1.88 bits per heavy atom. The van der Waals surface area contributed by atoms with E-state index in [1.807, 2.05) is 29.3 Å². The summed E-state index contributed by atoms with van der Waals surface area (Å²) in [6, 6.07) is 10.9. The number of ether oxygens (including phenoxy) is 1. The quantitative estimate of drug-likeness (QED) is 0.835. The predicted molar refractivity (Wildman–Crippen MR) is 93.7 cm³/mol. The van der Waals surface area contributed by atoms with E-state index in [1.165, 1.54) is 0 Å². The molecule has 1 aromatic carbocycles. The highest BCUT2D eigenvalue weighted by atomic mass is 35.5. The van der Waals surface area contributed by atoms with Gasteiger partial charge in [-0.1, -0.05) is 29.3 Å². The van der Waals surface area contributed by atoms with E-state index in [0.29, 0.717) is 28.9 Å². The van der Waals surface area contributed by atoms with E-state index >= 15 is 0 Å². The molecule has 5 nitrogen and oxygen atoms in total. The number of benzene rings is 1. The minimum absolute atomic E-state index is 0.00454. The first-order valence-electron chi connectivity index (χ1n) is 7.71. The Labute approximate surface area is 150 Å².